The molecule has 2 heterocycles. The van der Waals surface area contributed by atoms with Crippen LogP contribution in [0.25, 0.3) is 10.2 Å². The molecule has 1 atom stereocenters. The van der Waals surface area contributed by atoms with Gasteiger partial charge in [0.1, 0.15) is 16.2 Å². The van der Waals surface area contributed by atoms with E-state index in [9.17, 15) is 4.79 Å². The molecule has 136 valence electrons. The normalized spacial score (nSPS) is 17.5. The predicted octanol–water partition coefficient (Wildman–Crippen LogP) is 4.89. The first-order chi connectivity index (χ1) is 11.9. The molecule has 0 spiro atoms. The van der Waals surface area contributed by atoms with Crippen LogP contribution in [0.15, 0.2) is 11.4 Å². The number of rotatable bonds is 5. The first-order valence-corrected chi connectivity index (χ1v) is 10.6. The van der Waals surface area contributed by atoms with Crippen LogP contribution >= 0.6 is 23.1 Å². The predicted molar refractivity (Wildman–Crippen MR) is 104 cm³/mol. The third-order valence-corrected chi connectivity index (χ3v) is 7.27. The fraction of sp³-hybridized carbons (Fsp3) is 0.632. The van der Waals surface area contributed by atoms with Crippen molar-refractivity contribution in [3.63, 3.8) is 0 Å². The van der Waals surface area contributed by atoms with Gasteiger partial charge in [-0.3, -0.25) is 4.79 Å². The van der Waals surface area contributed by atoms with Gasteiger partial charge in [-0.05, 0) is 42.6 Å². The molecular weight excluding hydrogens is 352 g/mol. The zero-order chi connectivity index (χ0) is 18.0. The van der Waals surface area contributed by atoms with E-state index in [0.717, 1.165) is 40.8 Å². The van der Waals surface area contributed by atoms with E-state index in [4.69, 9.17) is 4.74 Å². The SMILES string of the molecule is COC(=O)CCCSc1ncnc2sc3c(c12)CCC(C(C)(C)C)C3. The molecule has 3 rings (SSSR count). The van der Waals surface area contributed by atoms with Gasteiger partial charge in [-0.1, -0.05) is 20.8 Å². The van der Waals surface area contributed by atoms with Gasteiger partial charge in [0, 0.05) is 22.4 Å². The number of thioether (sulfide) groups is 1. The number of methoxy groups -OCH3 is 1. The van der Waals surface area contributed by atoms with Crippen molar-refractivity contribution in [2.45, 2.75) is 57.9 Å². The van der Waals surface area contributed by atoms with Crippen LogP contribution in [-0.2, 0) is 22.4 Å². The zero-order valence-corrected chi connectivity index (χ0v) is 17.1. The number of hydrogen-bond donors (Lipinski definition) is 0. The molecule has 25 heavy (non-hydrogen) atoms. The van der Waals surface area contributed by atoms with E-state index in [1.54, 1.807) is 18.1 Å². The Balaban J connectivity index is 1.78. The van der Waals surface area contributed by atoms with E-state index in [1.165, 1.54) is 29.4 Å². The highest BCUT2D eigenvalue weighted by atomic mass is 32.2. The molecule has 0 aromatic carbocycles. The Morgan fingerprint density at radius 2 is 2.20 bits per heavy atom. The van der Waals surface area contributed by atoms with E-state index in [0.29, 0.717) is 11.8 Å². The molecule has 0 radical (unpaired) electrons. The first kappa shape index (κ1) is 18.6. The lowest BCUT2D eigenvalue weighted by Gasteiger charge is -2.33. The van der Waals surface area contributed by atoms with E-state index < -0.39 is 0 Å². The second-order valence-electron chi connectivity index (χ2n) is 7.70. The number of hydrogen-bond acceptors (Lipinski definition) is 6. The van der Waals surface area contributed by atoms with Gasteiger partial charge in [0.25, 0.3) is 0 Å². The Hall–Kier alpha value is -1.14. The largest absolute Gasteiger partial charge is 0.469 e. The van der Waals surface area contributed by atoms with Crippen LogP contribution < -0.4 is 0 Å². The lowest BCUT2D eigenvalue weighted by Crippen LogP contribution is -2.26. The summed E-state index contributed by atoms with van der Waals surface area (Å²) in [6, 6.07) is 0. The van der Waals surface area contributed by atoms with Crippen molar-refractivity contribution < 1.29 is 9.53 Å². The van der Waals surface area contributed by atoms with Gasteiger partial charge in [0.2, 0.25) is 0 Å². The second-order valence-corrected chi connectivity index (χ2v) is 9.86. The second kappa shape index (κ2) is 7.62. The Morgan fingerprint density at radius 1 is 1.40 bits per heavy atom. The molecule has 2 aromatic rings. The van der Waals surface area contributed by atoms with Crippen LogP contribution in [0.3, 0.4) is 0 Å². The fourth-order valence-corrected chi connectivity index (χ4v) is 5.72. The molecule has 1 unspecified atom stereocenters. The quantitative estimate of drug-likeness (QED) is 0.321. The molecular formula is C19H26N2O2S2. The summed E-state index contributed by atoms with van der Waals surface area (Å²) < 4.78 is 4.70. The Labute approximate surface area is 157 Å². The number of carbonyl (C=O) groups excluding carboxylic acids is 1. The van der Waals surface area contributed by atoms with Crippen molar-refractivity contribution in [3.8, 4) is 0 Å². The fourth-order valence-electron chi connectivity index (χ4n) is 3.42. The molecule has 1 aliphatic carbocycles. The number of nitrogens with zero attached hydrogens (tertiary/aromatic N) is 2. The van der Waals surface area contributed by atoms with E-state index >= 15 is 0 Å². The monoisotopic (exact) mass is 378 g/mol. The standard InChI is InChI=1S/C19H26N2O2S2/c1-19(2,3)12-7-8-13-14(10-12)25-18-16(13)17(20-11-21-18)24-9-5-6-15(22)23-4/h11-12H,5-10H2,1-4H3. The van der Waals surface area contributed by atoms with Crippen LogP contribution in [0.5, 0.6) is 0 Å². The van der Waals surface area contributed by atoms with Crippen molar-refractivity contribution in [1.82, 2.24) is 9.97 Å². The summed E-state index contributed by atoms with van der Waals surface area (Å²) in [6.45, 7) is 7.04. The van der Waals surface area contributed by atoms with Gasteiger partial charge in [0.05, 0.1) is 7.11 Å². The molecule has 0 saturated carbocycles. The lowest BCUT2D eigenvalue weighted by molar-refractivity contribution is -0.140. The Morgan fingerprint density at radius 3 is 2.92 bits per heavy atom. The van der Waals surface area contributed by atoms with Crippen molar-refractivity contribution >= 4 is 39.3 Å². The third-order valence-electron chi connectivity index (χ3n) is 5.03. The summed E-state index contributed by atoms with van der Waals surface area (Å²) in [5.41, 5.74) is 1.82. The number of esters is 1. The maximum absolute atomic E-state index is 11.2. The summed E-state index contributed by atoms with van der Waals surface area (Å²) in [4.78, 5) is 22.9. The highest BCUT2D eigenvalue weighted by molar-refractivity contribution is 7.99. The van der Waals surface area contributed by atoms with Gasteiger partial charge in [0.15, 0.2) is 0 Å². The van der Waals surface area contributed by atoms with Crippen LogP contribution in [0.2, 0.25) is 0 Å². The lowest BCUT2D eigenvalue weighted by atomic mass is 9.72. The summed E-state index contributed by atoms with van der Waals surface area (Å²) in [5.74, 6) is 1.46. The molecule has 4 nitrogen and oxygen atoms in total. The number of fused-ring (bicyclic) bond motifs is 3. The summed E-state index contributed by atoms with van der Waals surface area (Å²) in [5, 5.41) is 2.33. The number of carbonyl (C=O) groups is 1. The Bertz CT molecular complexity index is 765. The molecule has 2 aromatic heterocycles. The van der Waals surface area contributed by atoms with E-state index in [-0.39, 0.29) is 5.97 Å². The molecule has 0 aliphatic heterocycles. The van der Waals surface area contributed by atoms with Gasteiger partial charge in [-0.2, -0.15) is 0 Å². The van der Waals surface area contributed by atoms with Crippen LogP contribution in [0, 0.1) is 11.3 Å². The van der Waals surface area contributed by atoms with Crippen molar-refractivity contribution in [2.75, 3.05) is 12.9 Å². The minimum Gasteiger partial charge on any atom is -0.469 e. The molecule has 6 heteroatoms. The molecule has 1 aliphatic rings. The van der Waals surface area contributed by atoms with Crippen molar-refractivity contribution in [2.24, 2.45) is 11.3 Å². The topological polar surface area (TPSA) is 52.1 Å². The first-order valence-electron chi connectivity index (χ1n) is 8.85. The zero-order valence-electron chi connectivity index (χ0n) is 15.4. The molecule has 0 fully saturated rings. The molecule has 0 N–H and O–H groups in total. The van der Waals surface area contributed by atoms with Crippen LogP contribution in [0.1, 0.15) is 50.5 Å². The van der Waals surface area contributed by atoms with E-state index in [2.05, 4.69) is 30.7 Å². The third kappa shape index (κ3) is 4.17. The maximum Gasteiger partial charge on any atom is 0.305 e. The van der Waals surface area contributed by atoms with Gasteiger partial charge < -0.3 is 4.74 Å². The highest BCUT2D eigenvalue weighted by Gasteiger charge is 2.31. The summed E-state index contributed by atoms with van der Waals surface area (Å²) in [6.07, 6.45) is 6.47. The summed E-state index contributed by atoms with van der Waals surface area (Å²) >= 11 is 3.58. The van der Waals surface area contributed by atoms with E-state index in [1.807, 2.05) is 11.3 Å². The number of aromatic nitrogens is 2. The van der Waals surface area contributed by atoms with Crippen molar-refractivity contribution in [1.29, 1.82) is 0 Å². The number of ether oxygens (including phenoxy) is 1. The molecule has 0 amide bonds. The number of aryl methyl sites for hydroxylation is 1. The van der Waals surface area contributed by atoms with Crippen LogP contribution in [0.4, 0.5) is 0 Å². The van der Waals surface area contributed by atoms with Gasteiger partial charge in [-0.25, -0.2) is 9.97 Å². The smallest absolute Gasteiger partial charge is 0.305 e. The average molecular weight is 379 g/mol. The minimum atomic E-state index is -0.144. The Kier molecular flexibility index (Phi) is 5.68. The average Bonchev–Trinajstić information content (AvgIpc) is 2.96. The number of thiophene rings is 1. The summed E-state index contributed by atoms with van der Waals surface area (Å²) in [7, 11) is 1.44. The van der Waals surface area contributed by atoms with Gasteiger partial charge >= 0.3 is 5.97 Å². The van der Waals surface area contributed by atoms with Crippen molar-refractivity contribution in [3.05, 3.63) is 16.8 Å². The molecule has 0 saturated heterocycles. The maximum atomic E-state index is 11.2. The minimum absolute atomic E-state index is 0.144. The highest BCUT2D eigenvalue weighted by Crippen LogP contribution is 2.44. The van der Waals surface area contributed by atoms with Gasteiger partial charge in [-0.15, -0.1) is 23.1 Å². The molecule has 0 bridgehead atoms. The van der Waals surface area contributed by atoms with Crippen LogP contribution in [-0.4, -0.2) is 28.8 Å².